The summed E-state index contributed by atoms with van der Waals surface area (Å²) in [5.41, 5.74) is 2.77. The molecule has 3 aromatic rings. The van der Waals surface area contributed by atoms with Crippen LogP contribution in [0.4, 0.5) is 11.4 Å². The van der Waals surface area contributed by atoms with Crippen LogP contribution >= 0.6 is 58.8 Å². The number of amides is 2. The summed E-state index contributed by atoms with van der Waals surface area (Å²) in [5, 5.41) is 4.10. The lowest BCUT2D eigenvalue weighted by atomic mass is 10.2. The molecule has 5 nitrogen and oxygen atoms in total. The average molecular weight is 564 g/mol. The molecule has 0 radical (unpaired) electrons. The summed E-state index contributed by atoms with van der Waals surface area (Å²) in [6.07, 6.45) is 1.75. The molecule has 1 N–H and O–H groups in total. The van der Waals surface area contributed by atoms with E-state index in [0.717, 1.165) is 11.1 Å². The Hall–Kier alpha value is -2.55. The highest BCUT2D eigenvalue weighted by molar-refractivity contribution is 8.27. The number of nitrogens with zero attached hydrogens (tertiary/aromatic N) is 1. The zero-order valence-corrected chi connectivity index (χ0v) is 22.1. The molecule has 0 aliphatic carbocycles. The van der Waals surface area contributed by atoms with Crippen LogP contribution in [0.1, 0.15) is 11.1 Å². The molecule has 3 aromatic carbocycles. The van der Waals surface area contributed by atoms with Crippen molar-refractivity contribution in [1.29, 1.82) is 0 Å². The van der Waals surface area contributed by atoms with Crippen LogP contribution in [-0.4, -0.2) is 22.7 Å². The van der Waals surface area contributed by atoms with Gasteiger partial charge in [0, 0.05) is 10.7 Å². The first kappa shape index (κ1) is 25.5. The predicted molar refractivity (Wildman–Crippen MR) is 149 cm³/mol. The molecule has 0 aromatic heterocycles. The van der Waals surface area contributed by atoms with E-state index in [0.29, 0.717) is 41.4 Å². The Bertz CT molecular complexity index is 1360. The van der Waals surface area contributed by atoms with E-state index >= 15 is 0 Å². The van der Waals surface area contributed by atoms with Gasteiger partial charge in [0.15, 0.2) is 10.9 Å². The molecule has 1 heterocycles. The zero-order chi connectivity index (χ0) is 25.1. The molecule has 1 aliphatic heterocycles. The number of anilines is 2. The Morgan fingerprint density at radius 1 is 1.06 bits per heavy atom. The fraction of sp³-hybridized carbons (Fsp3) is 0.0800. The van der Waals surface area contributed by atoms with Crippen molar-refractivity contribution in [2.75, 3.05) is 16.8 Å². The van der Waals surface area contributed by atoms with Gasteiger partial charge in [0.25, 0.3) is 11.8 Å². The number of benzene rings is 3. The number of nitrogens with one attached hydrogen (secondary N) is 1. The molecule has 1 fully saturated rings. The van der Waals surface area contributed by atoms with Gasteiger partial charge in [-0.25, -0.2) is 0 Å². The monoisotopic (exact) mass is 562 g/mol. The van der Waals surface area contributed by atoms with Gasteiger partial charge in [0.1, 0.15) is 5.75 Å². The van der Waals surface area contributed by atoms with Crippen molar-refractivity contribution in [3.63, 3.8) is 0 Å². The van der Waals surface area contributed by atoms with Crippen molar-refractivity contribution in [1.82, 2.24) is 0 Å². The molecular weight excluding hydrogens is 547 g/mol. The van der Waals surface area contributed by atoms with Gasteiger partial charge in [-0.3, -0.25) is 14.5 Å². The van der Waals surface area contributed by atoms with Gasteiger partial charge in [-0.2, -0.15) is 0 Å². The molecule has 0 unspecified atom stereocenters. The van der Waals surface area contributed by atoms with Crippen molar-refractivity contribution in [2.24, 2.45) is 0 Å². The minimum absolute atomic E-state index is 0.159. The van der Waals surface area contributed by atoms with Gasteiger partial charge in [-0.1, -0.05) is 77.0 Å². The van der Waals surface area contributed by atoms with E-state index in [9.17, 15) is 9.59 Å². The lowest BCUT2D eigenvalue weighted by molar-refractivity contribution is -0.118. The van der Waals surface area contributed by atoms with E-state index in [-0.39, 0.29) is 18.4 Å². The molecule has 1 aliphatic rings. The van der Waals surface area contributed by atoms with Crippen LogP contribution in [0.5, 0.6) is 5.75 Å². The number of rotatable bonds is 6. The Morgan fingerprint density at radius 2 is 1.80 bits per heavy atom. The van der Waals surface area contributed by atoms with Gasteiger partial charge >= 0.3 is 0 Å². The van der Waals surface area contributed by atoms with Crippen LogP contribution in [-0.2, 0) is 9.59 Å². The van der Waals surface area contributed by atoms with Gasteiger partial charge < -0.3 is 10.1 Å². The summed E-state index contributed by atoms with van der Waals surface area (Å²) >= 11 is 24.7. The summed E-state index contributed by atoms with van der Waals surface area (Å²) < 4.78 is 5.98. The Labute approximate surface area is 227 Å². The third-order valence-electron chi connectivity index (χ3n) is 5.04. The Kier molecular flexibility index (Phi) is 8.04. The summed E-state index contributed by atoms with van der Waals surface area (Å²) in [6.45, 7) is 1.67. The van der Waals surface area contributed by atoms with E-state index in [1.807, 2.05) is 6.92 Å². The van der Waals surface area contributed by atoms with Crippen molar-refractivity contribution < 1.29 is 14.3 Å². The topological polar surface area (TPSA) is 58.6 Å². The molecule has 0 spiro atoms. The molecule has 2 amide bonds. The second-order valence-electron chi connectivity index (χ2n) is 7.43. The first-order valence-corrected chi connectivity index (χ1v) is 12.6. The fourth-order valence-corrected chi connectivity index (χ4v) is 4.97. The molecule has 178 valence electrons. The highest BCUT2D eigenvalue weighted by Gasteiger charge is 2.33. The lowest BCUT2D eigenvalue weighted by Crippen LogP contribution is -2.27. The maximum absolute atomic E-state index is 13.0. The average Bonchev–Trinajstić information content (AvgIpc) is 3.11. The lowest BCUT2D eigenvalue weighted by Gasteiger charge is -2.15. The van der Waals surface area contributed by atoms with Crippen LogP contribution in [0.15, 0.2) is 65.6 Å². The predicted octanol–water partition coefficient (Wildman–Crippen LogP) is 7.38. The smallest absolute Gasteiger partial charge is 0.270 e. The standard InChI is InChI=1S/C25H17Cl3N2O3S2/c1-14-18(26)3-2-4-21(14)29-23(31)13-33-17-8-5-15(6-9-17)11-22-24(32)30(25(34)35-22)16-7-10-19(27)20(28)12-16/h2-12H,13H2,1H3,(H,29,31)/b22-11-. The van der Waals surface area contributed by atoms with Crippen molar-refractivity contribution in [2.45, 2.75) is 6.92 Å². The first-order chi connectivity index (χ1) is 16.7. The molecule has 35 heavy (non-hydrogen) atoms. The second kappa shape index (κ2) is 11.0. The van der Waals surface area contributed by atoms with Gasteiger partial charge in [0.05, 0.1) is 20.6 Å². The molecular formula is C25H17Cl3N2O3S2. The van der Waals surface area contributed by atoms with Crippen molar-refractivity contribution >= 4 is 92.4 Å². The number of halogens is 3. The summed E-state index contributed by atoms with van der Waals surface area (Å²) in [7, 11) is 0. The number of hydrogen-bond donors (Lipinski definition) is 1. The van der Waals surface area contributed by atoms with E-state index in [2.05, 4.69) is 5.32 Å². The van der Waals surface area contributed by atoms with E-state index in [1.165, 1.54) is 16.7 Å². The number of carbonyl (C=O) groups is 2. The number of thiocarbonyl (C=S) groups is 1. The van der Waals surface area contributed by atoms with E-state index < -0.39 is 0 Å². The second-order valence-corrected chi connectivity index (χ2v) is 10.3. The molecule has 4 rings (SSSR count). The van der Waals surface area contributed by atoms with Crippen LogP contribution in [0.25, 0.3) is 6.08 Å². The number of ether oxygens (including phenoxy) is 1. The van der Waals surface area contributed by atoms with Gasteiger partial charge in [-0.15, -0.1) is 0 Å². The molecule has 10 heteroatoms. The number of hydrogen-bond acceptors (Lipinski definition) is 5. The van der Waals surface area contributed by atoms with Gasteiger partial charge in [-0.05, 0) is 66.6 Å². The molecule has 0 atom stereocenters. The van der Waals surface area contributed by atoms with Crippen LogP contribution in [0, 0.1) is 6.92 Å². The minimum atomic E-state index is -0.301. The summed E-state index contributed by atoms with van der Waals surface area (Å²) in [6, 6.07) is 17.3. The third-order valence-corrected chi connectivity index (χ3v) is 7.50. The van der Waals surface area contributed by atoms with Crippen LogP contribution in [0.2, 0.25) is 15.1 Å². The quantitative estimate of drug-likeness (QED) is 0.250. The number of thioether (sulfide) groups is 1. The SMILES string of the molecule is Cc1c(Cl)cccc1NC(=O)COc1ccc(/C=C2\SC(=S)N(c3ccc(Cl)c(Cl)c3)C2=O)cc1. The minimum Gasteiger partial charge on any atom is -0.484 e. The maximum Gasteiger partial charge on any atom is 0.270 e. The summed E-state index contributed by atoms with van der Waals surface area (Å²) in [5.74, 6) is -0.0272. The fourth-order valence-electron chi connectivity index (χ4n) is 3.20. The number of carbonyl (C=O) groups excluding carboxylic acids is 2. The van der Waals surface area contributed by atoms with Gasteiger partial charge in [0.2, 0.25) is 0 Å². The Morgan fingerprint density at radius 3 is 2.51 bits per heavy atom. The maximum atomic E-state index is 13.0. The highest BCUT2D eigenvalue weighted by atomic mass is 35.5. The third kappa shape index (κ3) is 6.00. The van der Waals surface area contributed by atoms with Crippen molar-refractivity contribution in [3.8, 4) is 5.75 Å². The largest absolute Gasteiger partial charge is 0.484 e. The molecule has 0 bridgehead atoms. The normalized spacial score (nSPS) is 14.5. The van der Waals surface area contributed by atoms with Crippen molar-refractivity contribution in [3.05, 3.63) is 91.8 Å². The van der Waals surface area contributed by atoms with E-state index in [1.54, 1.807) is 66.7 Å². The van der Waals surface area contributed by atoms with Crippen LogP contribution in [0.3, 0.4) is 0 Å². The molecule has 0 saturated carbocycles. The summed E-state index contributed by atoms with van der Waals surface area (Å²) in [4.78, 5) is 27.1. The molecule has 1 saturated heterocycles. The Balaban J connectivity index is 1.38. The zero-order valence-electron chi connectivity index (χ0n) is 18.2. The van der Waals surface area contributed by atoms with E-state index in [4.69, 9.17) is 51.8 Å². The first-order valence-electron chi connectivity index (χ1n) is 10.2. The van der Waals surface area contributed by atoms with Crippen LogP contribution < -0.4 is 15.0 Å². The highest BCUT2D eigenvalue weighted by Crippen LogP contribution is 2.38.